The molecule has 0 fully saturated rings. The molecule has 1 aromatic carbocycles. The predicted molar refractivity (Wildman–Crippen MR) is 51.3 cm³/mol. The molecule has 2 aromatic rings. The van der Waals surface area contributed by atoms with E-state index in [0.29, 0.717) is 0 Å². The van der Waals surface area contributed by atoms with Crippen LogP contribution in [0.5, 0.6) is 0 Å². The van der Waals surface area contributed by atoms with Gasteiger partial charge in [0.25, 0.3) is 0 Å². The summed E-state index contributed by atoms with van der Waals surface area (Å²) in [6.07, 6.45) is 1.23. The first-order chi connectivity index (χ1) is 7.11. The van der Waals surface area contributed by atoms with Crippen molar-refractivity contribution < 1.29 is 13.3 Å². The SMILES string of the molecule is Nc1cnoc1-c1ccc(F)c(Cl)c1F. The van der Waals surface area contributed by atoms with Crippen LogP contribution < -0.4 is 5.73 Å². The zero-order valence-corrected chi connectivity index (χ0v) is 8.05. The number of halogens is 3. The van der Waals surface area contributed by atoms with Crippen molar-refractivity contribution in [3.63, 3.8) is 0 Å². The summed E-state index contributed by atoms with van der Waals surface area (Å²) < 4.78 is 31.1. The van der Waals surface area contributed by atoms with Crippen LogP contribution in [0.25, 0.3) is 11.3 Å². The molecule has 78 valence electrons. The largest absolute Gasteiger partial charge is 0.394 e. The molecule has 2 N–H and O–H groups in total. The van der Waals surface area contributed by atoms with Crippen LogP contribution >= 0.6 is 11.6 Å². The van der Waals surface area contributed by atoms with Gasteiger partial charge in [0.05, 0.1) is 11.8 Å². The molecule has 15 heavy (non-hydrogen) atoms. The Morgan fingerprint density at radius 1 is 1.33 bits per heavy atom. The van der Waals surface area contributed by atoms with E-state index in [1.165, 1.54) is 12.3 Å². The van der Waals surface area contributed by atoms with Gasteiger partial charge in [0.1, 0.15) is 16.5 Å². The van der Waals surface area contributed by atoms with Gasteiger partial charge >= 0.3 is 0 Å². The molecule has 0 saturated carbocycles. The molecule has 2 rings (SSSR count). The van der Waals surface area contributed by atoms with Gasteiger partial charge in [-0.05, 0) is 12.1 Å². The Kier molecular flexibility index (Phi) is 2.32. The minimum atomic E-state index is -0.917. The summed E-state index contributed by atoms with van der Waals surface area (Å²) in [6, 6.07) is 2.22. The lowest BCUT2D eigenvalue weighted by atomic mass is 10.1. The van der Waals surface area contributed by atoms with Crippen molar-refractivity contribution in [3.05, 3.63) is 35.0 Å². The van der Waals surface area contributed by atoms with Gasteiger partial charge in [-0.15, -0.1) is 0 Å². The van der Waals surface area contributed by atoms with Crippen LogP contribution in [-0.4, -0.2) is 5.16 Å². The maximum absolute atomic E-state index is 13.5. The normalized spacial score (nSPS) is 10.6. The smallest absolute Gasteiger partial charge is 0.192 e. The Balaban J connectivity index is 2.65. The quantitative estimate of drug-likeness (QED) is 0.767. The third-order valence-corrected chi connectivity index (χ3v) is 2.22. The highest BCUT2D eigenvalue weighted by atomic mass is 35.5. The number of rotatable bonds is 1. The monoisotopic (exact) mass is 230 g/mol. The van der Waals surface area contributed by atoms with E-state index < -0.39 is 16.7 Å². The second kappa shape index (κ2) is 3.51. The summed E-state index contributed by atoms with van der Waals surface area (Å²) in [4.78, 5) is 0. The van der Waals surface area contributed by atoms with Gasteiger partial charge < -0.3 is 10.3 Å². The molecule has 1 aromatic heterocycles. The average Bonchev–Trinajstić information content (AvgIpc) is 2.62. The molecule has 0 atom stereocenters. The summed E-state index contributed by atoms with van der Waals surface area (Å²) in [5.74, 6) is -1.72. The van der Waals surface area contributed by atoms with Gasteiger partial charge in [0.2, 0.25) is 0 Å². The number of nitrogens with two attached hydrogens (primary N) is 1. The van der Waals surface area contributed by atoms with Crippen LogP contribution in [0.2, 0.25) is 5.02 Å². The zero-order chi connectivity index (χ0) is 11.0. The Hall–Kier alpha value is -1.62. The molecule has 0 unspecified atom stereocenters. The molecule has 0 bridgehead atoms. The van der Waals surface area contributed by atoms with Gasteiger partial charge in [-0.25, -0.2) is 8.78 Å². The standard InChI is InChI=1S/C9H5ClF2N2O/c10-7-5(11)2-1-4(8(7)12)9-6(13)3-14-15-9/h1-3H,13H2. The lowest BCUT2D eigenvalue weighted by Crippen LogP contribution is -1.91. The second-order valence-electron chi connectivity index (χ2n) is 2.83. The van der Waals surface area contributed by atoms with Crippen molar-refractivity contribution in [2.75, 3.05) is 5.73 Å². The number of hydrogen-bond acceptors (Lipinski definition) is 3. The molecule has 0 aliphatic heterocycles. The number of aromatic nitrogens is 1. The van der Waals surface area contributed by atoms with Gasteiger partial charge in [-0.1, -0.05) is 16.8 Å². The van der Waals surface area contributed by atoms with Crippen molar-refractivity contribution in [3.8, 4) is 11.3 Å². The van der Waals surface area contributed by atoms with E-state index in [2.05, 4.69) is 5.16 Å². The van der Waals surface area contributed by atoms with Crippen LogP contribution in [0.3, 0.4) is 0 Å². The average molecular weight is 231 g/mol. The zero-order valence-electron chi connectivity index (χ0n) is 7.30. The predicted octanol–water partition coefficient (Wildman–Crippen LogP) is 2.86. The second-order valence-corrected chi connectivity index (χ2v) is 3.21. The minimum absolute atomic E-state index is 0.0172. The van der Waals surface area contributed by atoms with Crippen LogP contribution in [0.4, 0.5) is 14.5 Å². The van der Waals surface area contributed by atoms with E-state index in [-0.39, 0.29) is 17.0 Å². The third-order valence-electron chi connectivity index (χ3n) is 1.88. The van der Waals surface area contributed by atoms with Crippen LogP contribution in [0.15, 0.2) is 22.9 Å². The van der Waals surface area contributed by atoms with E-state index in [9.17, 15) is 8.78 Å². The van der Waals surface area contributed by atoms with Crippen LogP contribution in [-0.2, 0) is 0 Å². The molecule has 0 amide bonds. The number of hydrogen-bond donors (Lipinski definition) is 1. The molecular formula is C9H5ClF2N2O. The van der Waals surface area contributed by atoms with E-state index in [1.54, 1.807) is 0 Å². The van der Waals surface area contributed by atoms with E-state index in [0.717, 1.165) is 6.07 Å². The summed E-state index contributed by atoms with van der Waals surface area (Å²) in [6.45, 7) is 0. The first-order valence-electron chi connectivity index (χ1n) is 3.95. The third kappa shape index (κ3) is 1.55. The van der Waals surface area contributed by atoms with Gasteiger partial charge in [-0.3, -0.25) is 0 Å². The molecule has 3 nitrogen and oxygen atoms in total. The molecule has 0 aliphatic rings. The summed E-state index contributed by atoms with van der Waals surface area (Å²) in [7, 11) is 0. The van der Waals surface area contributed by atoms with Crippen molar-refractivity contribution in [1.29, 1.82) is 0 Å². The molecule has 6 heteroatoms. The van der Waals surface area contributed by atoms with Crippen LogP contribution in [0.1, 0.15) is 0 Å². The van der Waals surface area contributed by atoms with Gasteiger partial charge in [0.15, 0.2) is 11.6 Å². The summed E-state index contributed by atoms with van der Waals surface area (Å²) in [5, 5.41) is 2.79. The van der Waals surface area contributed by atoms with E-state index in [4.69, 9.17) is 21.9 Å². The highest BCUT2D eigenvalue weighted by Crippen LogP contribution is 2.32. The molecule has 0 spiro atoms. The van der Waals surface area contributed by atoms with E-state index in [1.807, 2.05) is 0 Å². The highest BCUT2D eigenvalue weighted by molar-refractivity contribution is 6.31. The lowest BCUT2D eigenvalue weighted by Gasteiger charge is -2.02. The van der Waals surface area contributed by atoms with Gasteiger partial charge in [0, 0.05) is 0 Å². The highest BCUT2D eigenvalue weighted by Gasteiger charge is 2.17. The number of anilines is 1. The maximum atomic E-state index is 13.5. The number of nitrogen functional groups attached to an aromatic ring is 1. The van der Waals surface area contributed by atoms with Crippen molar-refractivity contribution >= 4 is 17.3 Å². The first-order valence-corrected chi connectivity index (χ1v) is 4.33. The molecule has 0 aliphatic carbocycles. The minimum Gasteiger partial charge on any atom is -0.394 e. The maximum Gasteiger partial charge on any atom is 0.192 e. The topological polar surface area (TPSA) is 52.0 Å². The first kappa shape index (κ1) is 9.92. The fourth-order valence-corrected chi connectivity index (χ4v) is 1.32. The summed E-state index contributed by atoms with van der Waals surface area (Å²) >= 11 is 5.40. The fourth-order valence-electron chi connectivity index (χ4n) is 1.15. The molecule has 1 heterocycles. The lowest BCUT2D eigenvalue weighted by molar-refractivity contribution is 0.430. The molecule has 0 radical (unpaired) electrons. The Labute approximate surface area is 88.4 Å². The Morgan fingerprint density at radius 2 is 2.07 bits per heavy atom. The molecule has 0 saturated heterocycles. The number of nitrogens with zero attached hydrogens (tertiary/aromatic N) is 1. The molecular weight excluding hydrogens is 226 g/mol. The van der Waals surface area contributed by atoms with Gasteiger partial charge in [-0.2, -0.15) is 0 Å². The Bertz CT molecular complexity index is 513. The Morgan fingerprint density at radius 3 is 2.67 bits per heavy atom. The summed E-state index contributed by atoms with van der Waals surface area (Å²) in [5.41, 5.74) is 5.62. The van der Waals surface area contributed by atoms with Crippen LogP contribution in [0, 0.1) is 11.6 Å². The van der Waals surface area contributed by atoms with E-state index >= 15 is 0 Å². The van der Waals surface area contributed by atoms with Crippen molar-refractivity contribution in [2.45, 2.75) is 0 Å². The number of benzene rings is 1. The fraction of sp³-hybridized carbons (Fsp3) is 0. The van der Waals surface area contributed by atoms with Crippen molar-refractivity contribution in [2.24, 2.45) is 0 Å². The van der Waals surface area contributed by atoms with Crippen molar-refractivity contribution in [1.82, 2.24) is 5.16 Å².